The molecule has 1 aliphatic heterocycles. The number of carbonyl (C=O) groups excluding carboxylic acids is 1. The first-order valence-corrected chi connectivity index (χ1v) is 7.13. The summed E-state index contributed by atoms with van der Waals surface area (Å²) in [6, 6.07) is 5.81. The minimum Gasteiger partial charge on any atom is -0.496 e. The van der Waals surface area contributed by atoms with Crippen LogP contribution in [0.25, 0.3) is 0 Å². The highest BCUT2D eigenvalue weighted by atomic mass is 79.9. The van der Waals surface area contributed by atoms with Crippen LogP contribution in [0.5, 0.6) is 5.75 Å². The fraction of sp³-hybridized carbons (Fsp3) is 0.462. The van der Waals surface area contributed by atoms with Gasteiger partial charge in [-0.15, -0.1) is 11.6 Å². The van der Waals surface area contributed by atoms with Crippen molar-refractivity contribution in [1.82, 2.24) is 4.90 Å². The molecule has 1 atom stereocenters. The van der Waals surface area contributed by atoms with E-state index in [-0.39, 0.29) is 11.8 Å². The number of hydrogen-bond acceptors (Lipinski definition) is 2. The van der Waals surface area contributed by atoms with Crippen LogP contribution in [0.2, 0.25) is 0 Å². The van der Waals surface area contributed by atoms with Crippen molar-refractivity contribution in [2.45, 2.75) is 13.0 Å². The highest BCUT2D eigenvalue weighted by molar-refractivity contribution is 9.10. The van der Waals surface area contributed by atoms with E-state index in [1.165, 1.54) is 0 Å². The van der Waals surface area contributed by atoms with E-state index in [1.807, 2.05) is 23.1 Å². The quantitative estimate of drug-likeness (QED) is 0.793. The Morgan fingerprint density at radius 1 is 1.56 bits per heavy atom. The molecule has 0 aromatic heterocycles. The van der Waals surface area contributed by atoms with Crippen molar-refractivity contribution in [3.63, 3.8) is 0 Å². The standard InChI is InChI=1S/C13H15BrClNO2/c1-18-12-3-2-11(14)5-10(12)8-16-7-9(6-15)4-13(16)17/h2-3,5,9H,4,6-8H2,1H3. The molecule has 1 unspecified atom stereocenters. The van der Waals surface area contributed by atoms with Crippen molar-refractivity contribution in [2.24, 2.45) is 5.92 Å². The first kappa shape index (κ1) is 13.7. The van der Waals surface area contributed by atoms with Crippen molar-refractivity contribution in [1.29, 1.82) is 0 Å². The van der Waals surface area contributed by atoms with Gasteiger partial charge >= 0.3 is 0 Å². The van der Waals surface area contributed by atoms with Gasteiger partial charge in [-0.25, -0.2) is 0 Å². The molecule has 0 N–H and O–H groups in total. The zero-order valence-electron chi connectivity index (χ0n) is 10.2. The number of methoxy groups -OCH3 is 1. The molecule has 5 heteroatoms. The second kappa shape index (κ2) is 5.93. The van der Waals surface area contributed by atoms with Crippen LogP contribution in [0.4, 0.5) is 0 Å². The highest BCUT2D eigenvalue weighted by Gasteiger charge is 2.29. The maximum absolute atomic E-state index is 11.8. The van der Waals surface area contributed by atoms with Crippen molar-refractivity contribution in [3.05, 3.63) is 28.2 Å². The molecule has 0 saturated carbocycles. The molecule has 0 spiro atoms. The first-order valence-electron chi connectivity index (χ1n) is 5.80. The lowest BCUT2D eigenvalue weighted by Crippen LogP contribution is -2.25. The van der Waals surface area contributed by atoms with Crippen molar-refractivity contribution < 1.29 is 9.53 Å². The van der Waals surface area contributed by atoms with Crippen LogP contribution in [0.3, 0.4) is 0 Å². The van der Waals surface area contributed by atoms with Gasteiger partial charge in [0.05, 0.1) is 7.11 Å². The lowest BCUT2D eigenvalue weighted by atomic mass is 10.1. The Balaban J connectivity index is 2.14. The fourth-order valence-corrected chi connectivity index (χ4v) is 2.80. The van der Waals surface area contributed by atoms with Gasteiger partial charge in [0.1, 0.15) is 5.75 Å². The number of benzene rings is 1. The largest absolute Gasteiger partial charge is 0.496 e. The summed E-state index contributed by atoms with van der Waals surface area (Å²) in [6.07, 6.45) is 0.555. The fourth-order valence-electron chi connectivity index (χ4n) is 2.19. The van der Waals surface area contributed by atoms with Gasteiger partial charge in [-0.1, -0.05) is 15.9 Å². The van der Waals surface area contributed by atoms with Gasteiger partial charge < -0.3 is 9.64 Å². The summed E-state index contributed by atoms with van der Waals surface area (Å²) in [5, 5.41) is 0. The molecule has 1 aromatic carbocycles. The van der Waals surface area contributed by atoms with Gasteiger partial charge in [0.15, 0.2) is 0 Å². The van der Waals surface area contributed by atoms with Gasteiger partial charge in [0.25, 0.3) is 0 Å². The van der Waals surface area contributed by atoms with Crippen LogP contribution in [0.15, 0.2) is 22.7 Å². The van der Waals surface area contributed by atoms with Gasteiger partial charge in [0.2, 0.25) is 5.91 Å². The maximum atomic E-state index is 11.8. The zero-order chi connectivity index (χ0) is 13.1. The Morgan fingerprint density at radius 3 is 2.94 bits per heavy atom. The molecule has 2 rings (SSSR count). The average molecular weight is 333 g/mol. The number of ether oxygens (including phenoxy) is 1. The Bertz CT molecular complexity index is 453. The van der Waals surface area contributed by atoms with Crippen LogP contribution in [-0.2, 0) is 11.3 Å². The zero-order valence-corrected chi connectivity index (χ0v) is 12.5. The molecular weight excluding hydrogens is 318 g/mol. The van der Waals surface area contributed by atoms with Crippen molar-refractivity contribution in [3.8, 4) is 5.75 Å². The lowest BCUT2D eigenvalue weighted by molar-refractivity contribution is -0.128. The number of carbonyl (C=O) groups is 1. The third-order valence-electron chi connectivity index (χ3n) is 3.12. The normalized spacial score (nSPS) is 19.4. The van der Waals surface area contributed by atoms with Gasteiger partial charge in [-0.3, -0.25) is 4.79 Å². The second-order valence-electron chi connectivity index (χ2n) is 4.45. The molecule has 1 aliphatic rings. The number of halogens is 2. The minimum absolute atomic E-state index is 0.169. The summed E-state index contributed by atoms with van der Waals surface area (Å²) in [5.41, 5.74) is 1.01. The van der Waals surface area contributed by atoms with Gasteiger partial charge in [0, 0.05) is 35.4 Å². The molecule has 18 heavy (non-hydrogen) atoms. The number of amides is 1. The number of hydrogen-bond donors (Lipinski definition) is 0. The smallest absolute Gasteiger partial charge is 0.223 e. The number of nitrogens with zero attached hydrogens (tertiary/aromatic N) is 1. The SMILES string of the molecule is COc1ccc(Br)cc1CN1CC(CCl)CC1=O. The van der Waals surface area contributed by atoms with Gasteiger partial charge in [-0.05, 0) is 24.1 Å². The van der Waals surface area contributed by atoms with E-state index in [0.717, 1.165) is 22.3 Å². The topological polar surface area (TPSA) is 29.5 Å². The van der Waals surface area contributed by atoms with Crippen LogP contribution >= 0.6 is 27.5 Å². The molecule has 98 valence electrons. The van der Waals surface area contributed by atoms with Crippen molar-refractivity contribution in [2.75, 3.05) is 19.5 Å². The summed E-state index contributed by atoms with van der Waals surface area (Å²) < 4.78 is 6.30. The summed E-state index contributed by atoms with van der Waals surface area (Å²) >= 11 is 9.25. The van der Waals surface area contributed by atoms with Gasteiger partial charge in [-0.2, -0.15) is 0 Å². The summed E-state index contributed by atoms with van der Waals surface area (Å²) in [5.74, 6) is 1.79. The first-order chi connectivity index (χ1) is 8.63. The minimum atomic E-state index is 0.169. The monoisotopic (exact) mass is 331 g/mol. The van der Waals surface area contributed by atoms with Crippen LogP contribution in [-0.4, -0.2) is 30.3 Å². The van der Waals surface area contributed by atoms with E-state index in [1.54, 1.807) is 7.11 Å². The third kappa shape index (κ3) is 2.98. The molecule has 0 radical (unpaired) electrons. The Kier molecular flexibility index (Phi) is 4.51. The number of likely N-dealkylation sites (tertiary alicyclic amines) is 1. The Labute approximate surface area is 120 Å². The molecule has 1 saturated heterocycles. The number of alkyl halides is 1. The molecule has 3 nitrogen and oxygen atoms in total. The molecule has 1 aromatic rings. The second-order valence-corrected chi connectivity index (χ2v) is 5.68. The van der Waals surface area contributed by atoms with E-state index in [2.05, 4.69) is 15.9 Å². The van der Waals surface area contributed by atoms with Crippen LogP contribution in [0, 0.1) is 5.92 Å². The predicted molar refractivity (Wildman–Crippen MR) is 74.9 cm³/mol. The molecule has 0 aliphatic carbocycles. The molecule has 1 heterocycles. The molecule has 1 fully saturated rings. The van der Waals surface area contributed by atoms with Crippen LogP contribution < -0.4 is 4.74 Å². The predicted octanol–water partition coefficient (Wildman–Crippen LogP) is 3.05. The summed E-state index contributed by atoms with van der Waals surface area (Å²) in [6.45, 7) is 1.31. The Morgan fingerprint density at radius 2 is 2.33 bits per heavy atom. The van der Waals surface area contributed by atoms with E-state index in [9.17, 15) is 4.79 Å². The van der Waals surface area contributed by atoms with E-state index in [4.69, 9.17) is 16.3 Å². The highest BCUT2D eigenvalue weighted by Crippen LogP contribution is 2.27. The molecule has 0 bridgehead atoms. The summed E-state index contributed by atoms with van der Waals surface area (Å²) in [7, 11) is 1.64. The van der Waals surface area contributed by atoms with Crippen molar-refractivity contribution >= 4 is 33.4 Å². The maximum Gasteiger partial charge on any atom is 0.223 e. The van der Waals surface area contributed by atoms with Crippen LogP contribution in [0.1, 0.15) is 12.0 Å². The Hall–Kier alpha value is -0.740. The van der Waals surface area contributed by atoms with E-state index >= 15 is 0 Å². The third-order valence-corrected chi connectivity index (χ3v) is 4.05. The molecule has 1 amide bonds. The van der Waals surface area contributed by atoms with E-state index in [0.29, 0.717) is 18.8 Å². The summed E-state index contributed by atoms with van der Waals surface area (Å²) in [4.78, 5) is 13.7. The lowest BCUT2D eigenvalue weighted by Gasteiger charge is -2.18. The average Bonchev–Trinajstić information content (AvgIpc) is 2.71. The molecular formula is C13H15BrClNO2. The number of rotatable bonds is 4. The van der Waals surface area contributed by atoms with E-state index < -0.39 is 0 Å².